The highest BCUT2D eigenvalue weighted by Gasteiger charge is 2.13. The predicted octanol–water partition coefficient (Wildman–Crippen LogP) is 0.814. The molecule has 0 heterocycles. The van der Waals surface area contributed by atoms with Gasteiger partial charge in [-0.1, -0.05) is 11.6 Å². The van der Waals surface area contributed by atoms with E-state index in [0.717, 1.165) is 0 Å². The lowest BCUT2D eigenvalue weighted by Crippen LogP contribution is -2.24. The van der Waals surface area contributed by atoms with E-state index in [4.69, 9.17) is 31.9 Å². The number of nitrogens with two attached hydrogens (primary N) is 1. The molecule has 0 aromatic heterocycles. The monoisotopic (exact) mass is 301 g/mol. The molecule has 0 spiro atoms. The lowest BCUT2D eigenvalue weighted by Gasteiger charge is -2.11. The van der Waals surface area contributed by atoms with Crippen LogP contribution >= 0.6 is 11.6 Å². The number of primary amides is 1. The number of nitrogens with one attached hydrogen (secondary N) is 1. The van der Waals surface area contributed by atoms with Gasteiger partial charge >= 0.3 is 12.0 Å². The molecule has 0 aliphatic heterocycles. The lowest BCUT2D eigenvalue weighted by molar-refractivity contribution is -0.139. The Balaban J connectivity index is 2.97. The van der Waals surface area contributed by atoms with Gasteiger partial charge < -0.3 is 20.3 Å². The van der Waals surface area contributed by atoms with Crippen molar-refractivity contribution < 1.29 is 24.2 Å². The molecule has 2 amide bonds. The van der Waals surface area contributed by atoms with Gasteiger partial charge in [-0.05, 0) is 17.7 Å². The Hall–Kier alpha value is -2.48. The Morgan fingerprint density at radius 3 is 2.80 bits per heavy atom. The van der Waals surface area contributed by atoms with Crippen LogP contribution in [0.5, 0.6) is 11.5 Å². The molecule has 1 aromatic rings. The van der Waals surface area contributed by atoms with Crippen molar-refractivity contribution in [2.24, 2.45) is 10.8 Å². The minimum Gasteiger partial charge on any atom is -0.493 e. The third-order valence-electron chi connectivity index (χ3n) is 1.98. The van der Waals surface area contributed by atoms with E-state index in [1.807, 2.05) is 5.43 Å². The molecule has 0 unspecified atom stereocenters. The maximum Gasteiger partial charge on any atom is 0.341 e. The number of aliphatic carboxylic acids is 1. The number of methoxy groups -OCH3 is 1. The predicted molar refractivity (Wildman–Crippen MR) is 71.4 cm³/mol. The van der Waals surface area contributed by atoms with Gasteiger partial charge in [-0.15, -0.1) is 0 Å². The van der Waals surface area contributed by atoms with Crippen molar-refractivity contribution in [1.29, 1.82) is 0 Å². The van der Waals surface area contributed by atoms with Gasteiger partial charge in [0.25, 0.3) is 0 Å². The molecule has 8 nitrogen and oxygen atoms in total. The number of nitrogens with zero attached hydrogens (tertiary/aromatic N) is 1. The van der Waals surface area contributed by atoms with Crippen LogP contribution in [0.4, 0.5) is 4.79 Å². The zero-order valence-electron chi connectivity index (χ0n) is 10.4. The van der Waals surface area contributed by atoms with Gasteiger partial charge in [0.15, 0.2) is 18.1 Å². The molecule has 0 aliphatic carbocycles. The topological polar surface area (TPSA) is 123 Å². The molecule has 108 valence electrons. The van der Waals surface area contributed by atoms with E-state index in [9.17, 15) is 9.59 Å². The molecular formula is C11H12ClN3O5. The third kappa shape index (κ3) is 4.65. The highest BCUT2D eigenvalue weighted by Crippen LogP contribution is 2.35. The number of hydrogen-bond donors (Lipinski definition) is 3. The summed E-state index contributed by atoms with van der Waals surface area (Å²) >= 11 is 5.97. The summed E-state index contributed by atoms with van der Waals surface area (Å²) in [7, 11) is 1.38. The summed E-state index contributed by atoms with van der Waals surface area (Å²) in [5.41, 5.74) is 7.37. The van der Waals surface area contributed by atoms with Crippen molar-refractivity contribution in [1.82, 2.24) is 5.43 Å². The van der Waals surface area contributed by atoms with Crippen LogP contribution in [-0.4, -0.2) is 37.0 Å². The molecule has 9 heteroatoms. The van der Waals surface area contributed by atoms with E-state index in [1.54, 1.807) is 0 Å². The largest absolute Gasteiger partial charge is 0.493 e. The molecular weight excluding hydrogens is 290 g/mol. The van der Waals surface area contributed by atoms with Crippen LogP contribution in [-0.2, 0) is 4.79 Å². The maximum absolute atomic E-state index is 10.5. The maximum atomic E-state index is 10.5. The zero-order valence-corrected chi connectivity index (χ0v) is 11.2. The first-order chi connectivity index (χ1) is 9.43. The van der Waals surface area contributed by atoms with Crippen molar-refractivity contribution in [3.8, 4) is 11.5 Å². The van der Waals surface area contributed by atoms with Gasteiger partial charge in [-0.3, -0.25) is 0 Å². The first-order valence-corrected chi connectivity index (χ1v) is 5.62. The van der Waals surface area contributed by atoms with Gasteiger partial charge in [0.1, 0.15) is 0 Å². The highest BCUT2D eigenvalue weighted by atomic mass is 35.5. The fourth-order valence-corrected chi connectivity index (χ4v) is 1.53. The number of ether oxygens (including phenoxy) is 2. The Bertz CT molecular complexity index is 547. The normalized spacial score (nSPS) is 10.3. The summed E-state index contributed by atoms with van der Waals surface area (Å²) in [6.07, 6.45) is 1.29. The van der Waals surface area contributed by atoms with Crippen molar-refractivity contribution in [3.05, 3.63) is 22.7 Å². The molecule has 0 bridgehead atoms. The molecule has 0 saturated carbocycles. The summed E-state index contributed by atoms with van der Waals surface area (Å²) in [6.45, 7) is -0.549. The second kappa shape index (κ2) is 7.19. The Kier molecular flexibility index (Phi) is 5.60. The molecule has 20 heavy (non-hydrogen) atoms. The molecule has 0 aliphatic rings. The molecule has 0 radical (unpaired) electrons. The van der Waals surface area contributed by atoms with E-state index >= 15 is 0 Å². The average molecular weight is 302 g/mol. The second-order valence-electron chi connectivity index (χ2n) is 3.45. The fourth-order valence-electron chi connectivity index (χ4n) is 1.26. The van der Waals surface area contributed by atoms with Gasteiger partial charge in [-0.25, -0.2) is 15.0 Å². The number of carboxylic acids is 1. The number of halogens is 1. The number of carboxylic acid groups (broad SMARTS) is 1. The van der Waals surface area contributed by atoms with Crippen molar-refractivity contribution in [3.63, 3.8) is 0 Å². The van der Waals surface area contributed by atoms with Crippen LogP contribution < -0.4 is 20.6 Å². The Labute approximate surface area is 119 Å². The summed E-state index contributed by atoms with van der Waals surface area (Å²) < 4.78 is 10.1. The quantitative estimate of drug-likeness (QED) is 0.530. The van der Waals surface area contributed by atoms with Crippen LogP contribution in [0.2, 0.25) is 5.02 Å². The fraction of sp³-hybridized carbons (Fsp3) is 0.182. The number of benzene rings is 1. The Morgan fingerprint density at radius 2 is 2.25 bits per heavy atom. The highest BCUT2D eigenvalue weighted by molar-refractivity contribution is 6.32. The number of hydrogen-bond acceptors (Lipinski definition) is 5. The average Bonchev–Trinajstić information content (AvgIpc) is 2.36. The molecule has 4 N–H and O–H groups in total. The standard InChI is InChI=1S/C11H12ClN3O5/c1-19-8-3-6(4-14-15-11(13)18)2-7(12)10(8)20-5-9(16)17/h2-4H,5H2,1H3,(H,16,17)(H3,13,15,18)/b14-4-. The van der Waals surface area contributed by atoms with Crippen LogP contribution in [0.15, 0.2) is 17.2 Å². The molecule has 0 saturated heterocycles. The third-order valence-corrected chi connectivity index (χ3v) is 2.26. The SMILES string of the molecule is COc1cc(/C=N\NC(N)=O)cc(Cl)c1OCC(=O)O. The minimum absolute atomic E-state index is 0.108. The van der Waals surface area contributed by atoms with Crippen LogP contribution in [0.3, 0.4) is 0 Å². The van der Waals surface area contributed by atoms with E-state index in [0.29, 0.717) is 5.56 Å². The summed E-state index contributed by atoms with van der Waals surface area (Å²) in [4.78, 5) is 20.9. The van der Waals surface area contributed by atoms with E-state index in [2.05, 4.69) is 5.10 Å². The van der Waals surface area contributed by atoms with E-state index in [-0.39, 0.29) is 16.5 Å². The van der Waals surface area contributed by atoms with Gasteiger partial charge in [0, 0.05) is 0 Å². The summed E-state index contributed by atoms with van der Waals surface area (Å²) in [6, 6.07) is 2.17. The first-order valence-electron chi connectivity index (χ1n) is 5.24. The van der Waals surface area contributed by atoms with Crippen LogP contribution in [0.25, 0.3) is 0 Å². The van der Waals surface area contributed by atoms with E-state index in [1.165, 1.54) is 25.5 Å². The number of carbonyl (C=O) groups is 2. The number of urea groups is 1. The van der Waals surface area contributed by atoms with Crippen molar-refractivity contribution >= 4 is 29.8 Å². The lowest BCUT2D eigenvalue weighted by atomic mass is 10.2. The first kappa shape index (κ1) is 15.6. The van der Waals surface area contributed by atoms with Crippen molar-refractivity contribution in [2.75, 3.05) is 13.7 Å². The second-order valence-corrected chi connectivity index (χ2v) is 3.86. The zero-order chi connectivity index (χ0) is 15.1. The van der Waals surface area contributed by atoms with Gasteiger partial charge in [0.2, 0.25) is 0 Å². The molecule has 1 aromatic carbocycles. The molecule has 1 rings (SSSR count). The molecule has 0 atom stereocenters. The smallest absolute Gasteiger partial charge is 0.341 e. The minimum atomic E-state index is -1.14. The van der Waals surface area contributed by atoms with E-state index < -0.39 is 18.6 Å². The number of rotatable bonds is 6. The van der Waals surface area contributed by atoms with Crippen LogP contribution in [0.1, 0.15) is 5.56 Å². The number of hydrazone groups is 1. The Morgan fingerprint density at radius 1 is 1.55 bits per heavy atom. The summed E-state index contributed by atoms with van der Waals surface area (Å²) in [5.74, 6) is -0.796. The van der Waals surface area contributed by atoms with Gasteiger partial charge in [-0.2, -0.15) is 5.10 Å². The summed E-state index contributed by atoms with van der Waals surface area (Å²) in [5, 5.41) is 12.3. The number of amides is 2. The van der Waals surface area contributed by atoms with Crippen LogP contribution in [0, 0.1) is 0 Å². The number of carbonyl (C=O) groups excluding carboxylic acids is 1. The van der Waals surface area contributed by atoms with Gasteiger partial charge in [0.05, 0.1) is 18.3 Å². The molecule has 0 fully saturated rings. The van der Waals surface area contributed by atoms with Crippen molar-refractivity contribution in [2.45, 2.75) is 0 Å².